The maximum Gasteiger partial charge on any atom is 0.310 e. The van der Waals surface area contributed by atoms with Crippen molar-refractivity contribution in [1.29, 1.82) is 0 Å². The fraction of sp³-hybridized carbons (Fsp3) is 0.857. The van der Waals surface area contributed by atoms with E-state index in [1.165, 1.54) is 0 Å². The summed E-state index contributed by atoms with van der Waals surface area (Å²) in [5, 5.41) is 12.3. The molecule has 2 rings (SSSR count). The van der Waals surface area contributed by atoms with Gasteiger partial charge in [-0.15, -0.1) is 0 Å². The summed E-state index contributed by atoms with van der Waals surface area (Å²) in [6.07, 6.45) is 4.14. The van der Waals surface area contributed by atoms with Crippen LogP contribution in [0.1, 0.15) is 45.4 Å². The van der Waals surface area contributed by atoms with Gasteiger partial charge >= 0.3 is 5.97 Å². The van der Waals surface area contributed by atoms with Crippen LogP contribution in [0.4, 0.5) is 0 Å². The van der Waals surface area contributed by atoms with Crippen LogP contribution >= 0.6 is 0 Å². The normalized spacial score (nSPS) is 27.1. The van der Waals surface area contributed by atoms with Gasteiger partial charge in [0.25, 0.3) is 0 Å². The molecule has 2 unspecified atom stereocenters. The van der Waals surface area contributed by atoms with Crippen molar-refractivity contribution in [2.24, 2.45) is 11.3 Å². The highest BCUT2D eigenvalue weighted by atomic mass is 16.5. The lowest BCUT2D eigenvalue weighted by Gasteiger charge is -2.25. The number of carbonyl (C=O) groups excluding carboxylic acids is 1. The molecule has 19 heavy (non-hydrogen) atoms. The van der Waals surface area contributed by atoms with Crippen LogP contribution < -0.4 is 5.32 Å². The summed E-state index contributed by atoms with van der Waals surface area (Å²) in [4.78, 5) is 23.5. The van der Waals surface area contributed by atoms with Crippen molar-refractivity contribution in [3.63, 3.8) is 0 Å². The minimum Gasteiger partial charge on any atom is -0.481 e. The zero-order valence-electron chi connectivity index (χ0n) is 11.5. The first-order chi connectivity index (χ1) is 9.03. The van der Waals surface area contributed by atoms with Crippen molar-refractivity contribution >= 4 is 11.9 Å². The number of amides is 1. The quantitative estimate of drug-likeness (QED) is 0.794. The third-order valence-electron chi connectivity index (χ3n) is 4.57. The summed E-state index contributed by atoms with van der Waals surface area (Å²) < 4.78 is 5.31. The van der Waals surface area contributed by atoms with Crippen LogP contribution in [0, 0.1) is 11.3 Å². The van der Waals surface area contributed by atoms with Gasteiger partial charge < -0.3 is 15.2 Å². The molecule has 2 aliphatic rings. The SMILES string of the molecule is CC(NC(=O)CC1(C(=O)O)CCCC1)C1CCOC1. The van der Waals surface area contributed by atoms with E-state index < -0.39 is 11.4 Å². The highest BCUT2D eigenvalue weighted by molar-refractivity contribution is 5.85. The molecule has 0 aromatic carbocycles. The third-order valence-corrected chi connectivity index (χ3v) is 4.57. The van der Waals surface area contributed by atoms with E-state index in [9.17, 15) is 14.7 Å². The molecule has 1 saturated heterocycles. The first kappa shape index (κ1) is 14.3. The van der Waals surface area contributed by atoms with Crippen LogP contribution in [0.5, 0.6) is 0 Å². The maximum atomic E-state index is 12.1. The number of carboxylic acid groups (broad SMARTS) is 1. The number of aliphatic carboxylic acids is 1. The molecule has 2 atom stereocenters. The van der Waals surface area contributed by atoms with E-state index in [0.717, 1.165) is 25.9 Å². The van der Waals surface area contributed by atoms with Gasteiger partial charge in [-0.3, -0.25) is 9.59 Å². The molecule has 5 nitrogen and oxygen atoms in total. The largest absolute Gasteiger partial charge is 0.481 e. The fourth-order valence-electron chi connectivity index (χ4n) is 3.20. The van der Waals surface area contributed by atoms with E-state index in [0.29, 0.717) is 25.4 Å². The maximum absolute atomic E-state index is 12.1. The molecule has 0 aromatic rings. The number of ether oxygens (including phenoxy) is 1. The molecule has 108 valence electrons. The summed E-state index contributed by atoms with van der Waals surface area (Å²) in [5.74, 6) is -0.603. The van der Waals surface area contributed by atoms with Crippen LogP contribution in [0.2, 0.25) is 0 Å². The summed E-state index contributed by atoms with van der Waals surface area (Å²) in [7, 11) is 0. The van der Waals surface area contributed by atoms with E-state index in [1.54, 1.807) is 0 Å². The summed E-state index contributed by atoms with van der Waals surface area (Å²) in [6.45, 7) is 3.41. The number of rotatable bonds is 5. The Bertz CT molecular complexity index is 343. The highest BCUT2D eigenvalue weighted by Gasteiger charge is 2.43. The molecular weight excluding hydrogens is 246 g/mol. The molecule has 0 bridgehead atoms. The number of hydrogen-bond acceptors (Lipinski definition) is 3. The summed E-state index contributed by atoms with van der Waals surface area (Å²) in [6, 6.07) is 0.0576. The second-order valence-electron chi connectivity index (χ2n) is 5.95. The topological polar surface area (TPSA) is 75.6 Å². The first-order valence-electron chi connectivity index (χ1n) is 7.14. The van der Waals surface area contributed by atoms with Gasteiger partial charge in [0.2, 0.25) is 5.91 Å². The fourth-order valence-corrected chi connectivity index (χ4v) is 3.20. The van der Waals surface area contributed by atoms with Gasteiger partial charge in [-0.05, 0) is 26.2 Å². The Morgan fingerprint density at radius 3 is 2.63 bits per heavy atom. The molecule has 1 saturated carbocycles. The van der Waals surface area contributed by atoms with E-state index in [2.05, 4.69) is 5.32 Å². The van der Waals surface area contributed by atoms with Gasteiger partial charge in [0.1, 0.15) is 0 Å². The second kappa shape index (κ2) is 5.90. The predicted octanol–water partition coefficient (Wildman–Crippen LogP) is 1.56. The van der Waals surface area contributed by atoms with Crippen molar-refractivity contribution in [1.82, 2.24) is 5.32 Å². The van der Waals surface area contributed by atoms with Crippen LogP contribution in [0.25, 0.3) is 0 Å². The lowest BCUT2D eigenvalue weighted by Crippen LogP contribution is -2.42. The van der Waals surface area contributed by atoms with Crippen LogP contribution in [0.15, 0.2) is 0 Å². The van der Waals surface area contributed by atoms with E-state index in [4.69, 9.17) is 4.74 Å². The van der Waals surface area contributed by atoms with Crippen molar-refractivity contribution < 1.29 is 19.4 Å². The summed E-state index contributed by atoms with van der Waals surface area (Å²) >= 11 is 0. The smallest absolute Gasteiger partial charge is 0.310 e. The first-order valence-corrected chi connectivity index (χ1v) is 7.14. The van der Waals surface area contributed by atoms with Crippen molar-refractivity contribution in [3.8, 4) is 0 Å². The minimum absolute atomic E-state index is 0.0576. The Balaban J connectivity index is 1.87. The van der Waals surface area contributed by atoms with Gasteiger partial charge in [0.15, 0.2) is 0 Å². The highest BCUT2D eigenvalue weighted by Crippen LogP contribution is 2.41. The predicted molar refractivity (Wildman–Crippen MR) is 69.7 cm³/mol. The lowest BCUT2D eigenvalue weighted by atomic mass is 9.82. The van der Waals surface area contributed by atoms with E-state index in [1.807, 2.05) is 6.92 Å². The Hall–Kier alpha value is -1.10. The number of carbonyl (C=O) groups is 2. The molecule has 0 aromatic heterocycles. The monoisotopic (exact) mass is 269 g/mol. The molecule has 2 N–H and O–H groups in total. The molecule has 0 radical (unpaired) electrons. The summed E-state index contributed by atoms with van der Waals surface area (Å²) in [5.41, 5.74) is -0.823. The van der Waals surface area contributed by atoms with Crippen molar-refractivity contribution in [3.05, 3.63) is 0 Å². The van der Waals surface area contributed by atoms with E-state index >= 15 is 0 Å². The van der Waals surface area contributed by atoms with Crippen LogP contribution in [-0.4, -0.2) is 36.2 Å². The molecule has 1 aliphatic carbocycles. The second-order valence-corrected chi connectivity index (χ2v) is 5.95. The van der Waals surface area contributed by atoms with Crippen LogP contribution in [-0.2, 0) is 14.3 Å². The molecule has 0 spiro atoms. The Labute approximate surface area is 113 Å². The van der Waals surface area contributed by atoms with Gasteiger partial charge in [0.05, 0.1) is 12.0 Å². The molecular formula is C14H23NO4. The third kappa shape index (κ3) is 3.26. The molecule has 5 heteroatoms. The Kier molecular flexibility index (Phi) is 4.45. The molecule has 1 aliphatic heterocycles. The standard InChI is InChI=1S/C14H23NO4/c1-10(11-4-7-19-9-11)15-12(16)8-14(13(17)18)5-2-3-6-14/h10-11H,2-9H2,1H3,(H,15,16)(H,17,18). The van der Waals surface area contributed by atoms with Gasteiger partial charge in [-0.1, -0.05) is 12.8 Å². The average molecular weight is 269 g/mol. The molecule has 2 fully saturated rings. The zero-order chi connectivity index (χ0) is 13.9. The molecule has 1 amide bonds. The number of hydrogen-bond donors (Lipinski definition) is 2. The average Bonchev–Trinajstić information content (AvgIpc) is 2.99. The lowest BCUT2D eigenvalue weighted by molar-refractivity contribution is -0.151. The zero-order valence-corrected chi connectivity index (χ0v) is 11.5. The molecule has 1 heterocycles. The number of carboxylic acids is 1. The van der Waals surface area contributed by atoms with Crippen LogP contribution in [0.3, 0.4) is 0 Å². The number of nitrogens with one attached hydrogen (secondary N) is 1. The van der Waals surface area contributed by atoms with Gasteiger partial charge in [-0.2, -0.15) is 0 Å². The van der Waals surface area contributed by atoms with E-state index in [-0.39, 0.29) is 18.4 Å². The Morgan fingerprint density at radius 2 is 2.11 bits per heavy atom. The minimum atomic E-state index is -0.823. The van der Waals surface area contributed by atoms with Gasteiger partial charge in [-0.25, -0.2) is 0 Å². The van der Waals surface area contributed by atoms with Crippen molar-refractivity contribution in [2.45, 2.75) is 51.5 Å². The van der Waals surface area contributed by atoms with Gasteiger partial charge in [0, 0.05) is 25.0 Å². The van der Waals surface area contributed by atoms with Crippen molar-refractivity contribution in [2.75, 3.05) is 13.2 Å². The Morgan fingerprint density at radius 1 is 1.42 bits per heavy atom.